The number of morpholine rings is 1. The van der Waals surface area contributed by atoms with Crippen LogP contribution in [0, 0.1) is 12.7 Å². The number of Topliss-reactive ketones (excluding diaryl/α,β-unsaturated/α-hetero) is 1. The van der Waals surface area contributed by atoms with Crippen molar-refractivity contribution in [3.8, 4) is 11.1 Å². The van der Waals surface area contributed by atoms with Gasteiger partial charge in [-0.25, -0.2) is 9.18 Å². The van der Waals surface area contributed by atoms with E-state index in [9.17, 15) is 18.8 Å². The number of nitrogens with one attached hydrogen (secondary N) is 1. The van der Waals surface area contributed by atoms with Gasteiger partial charge in [-0.15, -0.1) is 0 Å². The highest BCUT2D eigenvalue weighted by Crippen LogP contribution is 2.32. The molecule has 1 aromatic heterocycles. The Labute approximate surface area is 161 Å². The Morgan fingerprint density at radius 2 is 1.82 bits per heavy atom. The number of carbonyl (C=O) groups excluding carboxylic acids is 3. The Morgan fingerprint density at radius 1 is 1.18 bits per heavy atom. The highest BCUT2D eigenvalue weighted by atomic mass is 19.1. The fourth-order valence-electron chi connectivity index (χ4n) is 3.18. The summed E-state index contributed by atoms with van der Waals surface area (Å²) in [5, 5.41) is 0. The summed E-state index contributed by atoms with van der Waals surface area (Å²) in [6.45, 7) is 4.81. The molecule has 1 saturated heterocycles. The number of aromatic nitrogens is 1. The summed E-state index contributed by atoms with van der Waals surface area (Å²) >= 11 is 0. The molecule has 1 aromatic carbocycles. The van der Waals surface area contributed by atoms with Gasteiger partial charge >= 0.3 is 5.97 Å². The number of halogens is 1. The number of aromatic amines is 1. The van der Waals surface area contributed by atoms with Crippen molar-refractivity contribution < 1.29 is 28.2 Å². The number of rotatable bonds is 5. The maximum Gasteiger partial charge on any atom is 0.340 e. The van der Waals surface area contributed by atoms with Gasteiger partial charge in [-0.05, 0) is 31.5 Å². The number of ether oxygens (including phenoxy) is 2. The Morgan fingerprint density at radius 3 is 2.43 bits per heavy atom. The summed E-state index contributed by atoms with van der Waals surface area (Å²) in [6, 6.07) is 5.36. The summed E-state index contributed by atoms with van der Waals surface area (Å²) in [6.07, 6.45) is 0. The van der Waals surface area contributed by atoms with Gasteiger partial charge in [0.1, 0.15) is 11.5 Å². The van der Waals surface area contributed by atoms with Crippen LogP contribution in [-0.4, -0.2) is 60.5 Å². The predicted molar refractivity (Wildman–Crippen MR) is 98.6 cm³/mol. The molecule has 0 aliphatic carbocycles. The number of benzene rings is 1. The highest BCUT2D eigenvalue weighted by molar-refractivity contribution is 6.43. The van der Waals surface area contributed by atoms with E-state index in [1.807, 2.05) is 0 Å². The molecule has 0 spiro atoms. The molecule has 0 saturated carbocycles. The first-order chi connectivity index (χ1) is 13.4. The molecular weight excluding hydrogens is 367 g/mol. The predicted octanol–water partition coefficient (Wildman–Crippen LogP) is 2.35. The number of H-pyrrole nitrogens is 1. The van der Waals surface area contributed by atoms with Crippen molar-refractivity contribution in [3.05, 3.63) is 47.0 Å². The minimum atomic E-state index is -0.764. The lowest BCUT2D eigenvalue weighted by atomic mass is 9.98. The summed E-state index contributed by atoms with van der Waals surface area (Å²) in [7, 11) is 0. The second-order valence-corrected chi connectivity index (χ2v) is 6.34. The third-order valence-corrected chi connectivity index (χ3v) is 4.52. The van der Waals surface area contributed by atoms with Crippen LogP contribution in [-0.2, 0) is 14.3 Å². The van der Waals surface area contributed by atoms with Gasteiger partial charge in [0.15, 0.2) is 0 Å². The first-order valence-corrected chi connectivity index (χ1v) is 9.01. The SMILES string of the molecule is CCOC(=O)c1c(C)[nH]c(C(=O)C(=O)N2CCOCC2)c1-c1ccc(F)cc1. The standard InChI is InChI=1S/C20H21FN2O5/c1-3-28-20(26)15-12(2)22-17(16(15)13-4-6-14(21)7-5-13)18(24)19(25)23-8-10-27-11-9-23/h4-7,22H,3,8-11H2,1-2H3. The van der Waals surface area contributed by atoms with Gasteiger partial charge in [-0.2, -0.15) is 0 Å². The van der Waals surface area contributed by atoms with Crippen molar-refractivity contribution in [2.45, 2.75) is 13.8 Å². The maximum absolute atomic E-state index is 13.4. The molecule has 8 heteroatoms. The second kappa shape index (κ2) is 8.35. The Kier molecular flexibility index (Phi) is 5.89. The van der Waals surface area contributed by atoms with Crippen LogP contribution in [0.1, 0.15) is 33.5 Å². The normalized spacial score (nSPS) is 14.0. The third kappa shape index (κ3) is 3.82. The average Bonchev–Trinajstić information content (AvgIpc) is 3.05. The van der Waals surface area contributed by atoms with Crippen LogP contribution in [0.4, 0.5) is 4.39 Å². The summed E-state index contributed by atoms with van der Waals surface area (Å²) in [5.74, 6) is -2.51. The molecule has 148 valence electrons. The van der Waals surface area contributed by atoms with Crippen LogP contribution in [0.15, 0.2) is 24.3 Å². The zero-order valence-electron chi connectivity index (χ0n) is 15.7. The quantitative estimate of drug-likeness (QED) is 0.483. The number of ketones is 1. The molecule has 7 nitrogen and oxygen atoms in total. The number of carbonyl (C=O) groups is 3. The van der Waals surface area contributed by atoms with Crippen LogP contribution in [0.25, 0.3) is 11.1 Å². The van der Waals surface area contributed by atoms with Crippen LogP contribution >= 0.6 is 0 Å². The van der Waals surface area contributed by atoms with Gasteiger partial charge in [0.25, 0.3) is 11.7 Å². The van der Waals surface area contributed by atoms with Crippen molar-refractivity contribution in [1.29, 1.82) is 0 Å². The molecule has 0 radical (unpaired) electrons. The van der Waals surface area contributed by atoms with Gasteiger partial charge in [-0.1, -0.05) is 12.1 Å². The lowest BCUT2D eigenvalue weighted by Crippen LogP contribution is -2.44. The highest BCUT2D eigenvalue weighted by Gasteiger charge is 2.32. The first kappa shape index (κ1) is 19.8. The van der Waals surface area contributed by atoms with Crippen LogP contribution in [0.5, 0.6) is 0 Å². The minimum Gasteiger partial charge on any atom is -0.462 e. The zero-order valence-corrected chi connectivity index (χ0v) is 15.7. The molecule has 1 aliphatic heterocycles. The zero-order chi connectivity index (χ0) is 20.3. The van der Waals surface area contributed by atoms with Gasteiger partial charge in [0.2, 0.25) is 0 Å². The smallest absolute Gasteiger partial charge is 0.340 e. The van der Waals surface area contributed by atoms with E-state index in [1.165, 1.54) is 29.2 Å². The van der Waals surface area contributed by atoms with Gasteiger partial charge < -0.3 is 19.4 Å². The molecular formula is C20H21FN2O5. The van der Waals surface area contributed by atoms with Gasteiger partial charge in [0, 0.05) is 24.3 Å². The Balaban J connectivity index is 2.08. The van der Waals surface area contributed by atoms with E-state index < -0.39 is 23.5 Å². The molecule has 0 bridgehead atoms. The van der Waals surface area contributed by atoms with Gasteiger partial charge in [-0.3, -0.25) is 9.59 Å². The monoisotopic (exact) mass is 388 g/mol. The van der Waals surface area contributed by atoms with Crippen LogP contribution < -0.4 is 0 Å². The van der Waals surface area contributed by atoms with E-state index in [4.69, 9.17) is 9.47 Å². The van der Waals surface area contributed by atoms with Crippen molar-refractivity contribution in [2.24, 2.45) is 0 Å². The second-order valence-electron chi connectivity index (χ2n) is 6.34. The molecule has 3 rings (SSSR count). The third-order valence-electron chi connectivity index (χ3n) is 4.52. The Hall–Kier alpha value is -3.00. The lowest BCUT2D eigenvalue weighted by molar-refractivity contribution is -0.130. The molecule has 0 unspecified atom stereocenters. The van der Waals surface area contributed by atoms with Gasteiger partial charge in [0.05, 0.1) is 25.4 Å². The fourth-order valence-corrected chi connectivity index (χ4v) is 3.18. The number of hydrogen-bond acceptors (Lipinski definition) is 5. The van der Waals surface area contributed by atoms with Crippen LogP contribution in [0.2, 0.25) is 0 Å². The molecule has 1 amide bonds. The van der Waals surface area contributed by atoms with Crippen LogP contribution in [0.3, 0.4) is 0 Å². The number of nitrogens with zero attached hydrogens (tertiary/aromatic N) is 1. The van der Waals surface area contributed by atoms with Crippen molar-refractivity contribution >= 4 is 17.7 Å². The number of aryl methyl sites for hydroxylation is 1. The summed E-state index contributed by atoms with van der Waals surface area (Å²) < 4.78 is 23.7. The molecule has 1 N–H and O–H groups in total. The number of esters is 1. The van der Waals surface area contributed by atoms with Crippen molar-refractivity contribution in [3.63, 3.8) is 0 Å². The van der Waals surface area contributed by atoms with Crippen molar-refractivity contribution in [1.82, 2.24) is 9.88 Å². The van der Waals surface area contributed by atoms with E-state index in [-0.39, 0.29) is 23.4 Å². The largest absolute Gasteiger partial charge is 0.462 e. The molecule has 1 aliphatic rings. The lowest BCUT2D eigenvalue weighted by Gasteiger charge is -2.26. The summed E-state index contributed by atoms with van der Waals surface area (Å²) in [4.78, 5) is 42.4. The van der Waals surface area contributed by atoms with E-state index in [1.54, 1.807) is 13.8 Å². The molecule has 28 heavy (non-hydrogen) atoms. The minimum absolute atomic E-state index is 0.0105. The van der Waals surface area contributed by atoms with Crippen molar-refractivity contribution in [2.75, 3.05) is 32.9 Å². The number of hydrogen-bond donors (Lipinski definition) is 1. The van der Waals surface area contributed by atoms with E-state index in [0.717, 1.165) is 0 Å². The maximum atomic E-state index is 13.4. The summed E-state index contributed by atoms with van der Waals surface area (Å²) in [5.41, 5.74) is 1.22. The molecule has 0 atom stereocenters. The van der Waals surface area contributed by atoms with E-state index in [2.05, 4.69) is 4.98 Å². The fraction of sp³-hybridized carbons (Fsp3) is 0.350. The topological polar surface area (TPSA) is 88.7 Å². The molecule has 2 heterocycles. The number of amides is 1. The van der Waals surface area contributed by atoms with E-state index in [0.29, 0.717) is 37.6 Å². The Bertz CT molecular complexity index is 898. The average molecular weight is 388 g/mol. The van der Waals surface area contributed by atoms with E-state index >= 15 is 0 Å². The first-order valence-electron chi connectivity index (χ1n) is 9.01. The molecule has 1 fully saturated rings. The molecule has 2 aromatic rings.